The van der Waals surface area contributed by atoms with Gasteiger partial charge in [0.1, 0.15) is 0 Å². The van der Waals surface area contributed by atoms with Crippen LogP contribution in [0.5, 0.6) is 0 Å². The summed E-state index contributed by atoms with van der Waals surface area (Å²) in [7, 11) is 0. The van der Waals surface area contributed by atoms with Crippen molar-refractivity contribution in [3.63, 3.8) is 0 Å². The molecule has 0 fully saturated rings. The van der Waals surface area contributed by atoms with Crippen molar-refractivity contribution < 1.29 is 0 Å². The number of rotatable bonds is 3. The highest BCUT2D eigenvalue weighted by Gasteiger charge is 1.99. The molecule has 0 aromatic carbocycles. The quantitative estimate of drug-likeness (QED) is 0.351. The number of nitrogens with zero attached hydrogens (tertiary/aromatic N) is 1. The molecule has 0 heterocycles. The zero-order chi connectivity index (χ0) is 7.28. The van der Waals surface area contributed by atoms with Gasteiger partial charge in [-0.3, -0.25) is 0 Å². The Hall–Kier alpha value is -0.530. The summed E-state index contributed by atoms with van der Waals surface area (Å²) in [4.78, 5) is 0. The van der Waals surface area contributed by atoms with Gasteiger partial charge in [-0.15, -0.1) is 0 Å². The van der Waals surface area contributed by atoms with Crippen LogP contribution in [-0.2, 0) is 0 Å². The highest BCUT2D eigenvalue weighted by molar-refractivity contribution is 5.81. The average molecular weight is 128 g/mol. The number of hydrogen-bond donors (Lipinski definition) is 1. The molecule has 0 aliphatic heterocycles. The SMILES string of the molecule is CCC(C)C/C(C)=N/N. The van der Waals surface area contributed by atoms with Gasteiger partial charge < -0.3 is 5.84 Å². The Morgan fingerprint density at radius 3 is 2.56 bits per heavy atom. The van der Waals surface area contributed by atoms with E-state index < -0.39 is 0 Å². The van der Waals surface area contributed by atoms with Crippen molar-refractivity contribution in [2.75, 3.05) is 0 Å². The van der Waals surface area contributed by atoms with E-state index in [0.717, 1.165) is 18.1 Å². The summed E-state index contributed by atoms with van der Waals surface area (Å²) in [6.45, 7) is 6.34. The molecule has 0 saturated carbocycles. The molecule has 0 saturated heterocycles. The molecule has 2 N–H and O–H groups in total. The van der Waals surface area contributed by atoms with Crippen molar-refractivity contribution in [3.05, 3.63) is 0 Å². The number of hydrogen-bond acceptors (Lipinski definition) is 2. The molecule has 1 atom stereocenters. The van der Waals surface area contributed by atoms with Crippen LogP contribution in [0.1, 0.15) is 33.6 Å². The lowest BCUT2D eigenvalue weighted by atomic mass is 10.0. The molecule has 0 aliphatic carbocycles. The van der Waals surface area contributed by atoms with E-state index in [4.69, 9.17) is 5.84 Å². The van der Waals surface area contributed by atoms with Crippen LogP contribution in [0.15, 0.2) is 5.10 Å². The van der Waals surface area contributed by atoms with Crippen molar-refractivity contribution in [3.8, 4) is 0 Å². The Morgan fingerprint density at radius 2 is 2.22 bits per heavy atom. The Kier molecular flexibility index (Phi) is 4.10. The topological polar surface area (TPSA) is 38.4 Å². The minimum absolute atomic E-state index is 0.720. The Morgan fingerprint density at radius 1 is 1.67 bits per heavy atom. The third kappa shape index (κ3) is 4.01. The van der Waals surface area contributed by atoms with E-state index in [1.807, 2.05) is 6.92 Å². The first kappa shape index (κ1) is 8.47. The number of hydrazone groups is 1. The van der Waals surface area contributed by atoms with Gasteiger partial charge in [0, 0.05) is 5.71 Å². The fourth-order valence-corrected chi connectivity index (χ4v) is 0.701. The third-order valence-corrected chi connectivity index (χ3v) is 1.56. The van der Waals surface area contributed by atoms with E-state index >= 15 is 0 Å². The van der Waals surface area contributed by atoms with E-state index in [1.165, 1.54) is 6.42 Å². The van der Waals surface area contributed by atoms with Crippen LogP contribution in [0.25, 0.3) is 0 Å². The van der Waals surface area contributed by atoms with Gasteiger partial charge in [0.15, 0.2) is 0 Å². The van der Waals surface area contributed by atoms with Crippen LogP contribution < -0.4 is 5.84 Å². The molecule has 0 aliphatic rings. The van der Waals surface area contributed by atoms with Gasteiger partial charge in [0.05, 0.1) is 0 Å². The Balaban J connectivity index is 3.47. The lowest BCUT2D eigenvalue weighted by molar-refractivity contribution is 0.585. The molecule has 0 rings (SSSR count). The monoisotopic (exact) mass is 128 g/mol. The van der Waals surface area contributed by atoms with E-state index in [1.54, 1.807) is 0 Å². The smallest absolute Gasteiger partial charge is 0.0347 e. The molecule has 2 heteroatoms. The zero-order valence-corrected chi connectivity index (χ0v) is 6.52. The van der Waals surface area contributed by atoms with E-state index in [2.05, 4.69) is 18.9 Å². The first-order valence-corrected chi connectivity index (χ1v) is 3.44. The van der Waals surface area contributed by atoms with Crippen LogP contribution in [-0.4, -0.2) is 5.71 Å². The summed E-state index contributed by atoms with van der Waals surface area (Å²) in [5, 5.41) is 3.59. The first-order valence-electron chi connectivity index (χ1n) is 3.44. The van der Waals surface area contributed by atoms with E-state index in [9.17, 15) is 0 Å². The first-order chi connectivity index (χ1) is 4.20. The summed E-state index contributed by atoms with van der Waals surface area (Å²) < 4.78 is 0. The van der Waals surface area contributed by atoms with Gasteiger partial charge in [-0.05, 0) is 19.3 Å². The maximum absolute atomic E-state index is 5.06. The molecule has 0 amide bonds. The summed E-state index contributed by atoms with van der Waals surface area (Å²) in [5.74, 6) is 5.78. The molecule has 0 bridgehead atoms. The number of nitrogens with two attached hydrogens (primary N) is 1. The maximum Gasteiger partial charge on any atom is 0.0347 e. The Labute approximate surface area is 57.1 Å². The van der Waals surface area contributed by atoms with E-state index in [0.29, 0.717) is 0 Å². The van der Waals surface area contributed by atoms with Crippen molar-refractivity contribution in [1.29, 1.82) is 0 Å². The summed E-state index contributed by atoms with van der Waals surface area (Å²) in [6.07, 6.45) is 2.24. The summed E-state index contributed by atoms with van der Waals surface area (Å²) >= 11 is 0. The molecule has 0 aromatic heterocycles. The standard InChI is InChI=1S/C7H16N2/c1-4-6(2)5-7(3)9-8/h6H,4-5,8H2,1-3H3/b9-7+. The fourth-order valence-electron chi connectivity index (χ4n) is 0.701. The lowest BCUT2D eigenvalue weighted by Gasteiger charge is -2.05. The van der Waals surface area contributed by atoms with Gasteiger partial charge in [0.2, 0.25) is 0 Å². The van der Waals surface area contributed by atoms with Gasteiger partial charge in [-0.1, -0.05) is 20.3 Å². The van der Waals surface area contributed by atoms with Crippen molar-refractivity contribution in [2.24, 2.45) is 16.9 Å². The minimum atomic E-state index is 0.720. The van der Waals surface area contributed by atoms with Crippen LogP contribution in [0.3, 0.4) is 0 Å². The second-order valence-electron chi connectivity index (χ2n) is 2.58. The van der Waals surface area contributed by atoms with E-state index in [-0.39, 0.29) is 0 Å². The van der Waals surface area contributed by atoms with Gasteiger partial charge in [-0.25, -0.2) is 0 Å². The van der Waals surface area contributed by atoms with Crippen molar-refractivity contribution in [1.82, 2.24) is 0 Å². The van der Waals surface area contributed by atoms with Crippen LogP contribution in [0, 0.1) is 5.92 Å². The van der Waals surface area contributed by atoms with Crippen molar-refractivity contribution in [2.45, 2.75) is 33.6 Å². The summed E-state index contributed by atoms with van der Waals surface area (Å²) in [5.41, 5.74) is 1.05. The van der Waals surface area contributed by atoms with Gasteiger partial charge >= 0.3 is 0 Å². The molecule has 1 unspecified atom stereocenters. The molecule has 2 nitrogen and oxygen atoms in total. The molecule has 0 aromatic rings. The molecule has 9 heavy (non-hydrogen) atoms. The zero-order valence-electron chi connectivity index (χ0n) is 6.52. The van der Waals surface area contributed by atoms with Crippen LogP contribution >= 0.6 is 0 Å². The Bertz CT molecular complexity index is 97.1. The van der Waals surface area contributed by atoms with Gasteiger partial charge in [0.25, 0.3) is 0 Å². The molecule has 54 valence electrons. The molecule has 0 radical (unpaired) electrons. The average Bonchev–Trinajstić information content (AvgIpc) is 1.87. The van der Waals surface area contributed by atoms with Gasteiger partial charge in [-0.2, -0.15) is 5.10 Å². The molecular formula is C7H16N2. The van der Waals surface area contributed by atoms with Crippen LogP contribution in [0.2, 0.25) is 0 Å². The maximum atomic E-state index is 5.06. The summed E-state index contributed by atoms with van der Waals surface area (Å²) in [6, 6.07) is 0. The van der Waals surface area contributed by atoms with Crippen LogP contribution in [0.4, 0.5) is 0 Å². The highest BCUT2D eigenvalue weighted by atomic mass is 15.1. The largest absolute Gasteiger partial charge is 0.323 e. The second kappa shape index (κ2) is 4.36. The minimum Gasteiger partial charge on any atom is -0.323 e. The lowest BCUT2D eigenvalue weighted by Crippen LogP contribution is -2.02. The van der Waals surface area contributed by atoms with Crippen molar-refractivity contribution >= 4 is 5.71 Å². The third-order valence-electron chi connectivity index (χ3n) is 1.56. The predicted molar refractivity (Wildman–Crippen MR) is 41.4 cm³/mol. The second-order valence-corrected chi connectivity index (χ2v) is 2.58. The fraction of sp³-hybridized carbons (Fsp3) is 0.857. The molecular weight excluding hydrogens is 112 g/mol. The predicted octanol–water partition coefficient (Wildman–Crippen LogP) is 1.76. The molecule has 0 spiro atoms. The normalized spacial score (nSPS) is 15.7. The highest BCUT2D eigenvalue weighted by Crippen LogP contribution is 2.06.